The minimum Gasteiger partial charge on any atom is -0.381 e. The van der Waals surface area contributed by atoms with Crippen molar-refractivity contribution in [3.8, 4) is 0 Å². The number of hydrogen-bond donors (Lipinski definition) is 0. The quantitative estimate of drug-likeness (QED) is 0.823. The summed E-state index contributed by atoms with van der Waals surface area (Å²) in [5.74, 6) is 3.36. The molecule has 4 heteroatoms. The molecule has 1 aromatic rings. The van der Waals surface area contributed by atoms with Gasteiger partial charge in [0.1, 0.15) is 0 Å². The van der Waals surface area contributed by atoms with E-state index >= 15 is 0 Å². The second-order valence-electron chi connectivity index (χ2n) is 7.47. The normalized spacial score (nSPS) is 31.6. The van der Waals surface area contributed by atoms with E-state index in [1.165, 1.54) is 25.7 Å². The van der Waals surface area contributed by atoms with Crippen LogP contribution in [-0.4, -0.2) is 23.4 Å². The van der Waals surface area contributed by atoms with Crippen molar-refractivity contribution in [2.75, 3.05) is 13.2 Å². The van der Waals surface area contributed by atoms with E-state index in [-0.39, 0.29) is 0 Å². The molecule has 1 aliphatic carbocycles. The fourth-order valence-corrected chi connectivity index (χ4v) is 3.52. The molecule has 0 radical (unpaired) electrons. The van der Waals surface area contributed by atoms with Gasteiger partial charge in [0.25, 0.3) is 0 Å². The van der Waals surface area contributed by atoms with Crippen LogP contribution >= 0.6 is 0 Å². The average Bonchev–Trinajstić information content (AvgIpc) is 3.09. The summed E-state index contributed by atoms with van der Waals surface area (Å²) >= 11 is 0. The van der Waals surface area contributed by atoms with Crippen LogP contribution < -0.4 is 0 Å². The molecule has 2 heterocycles. The van der Waals surface area contributed by atoms with Gasteiger partial charge in [-0.05, 0) is 43.4 Å². The fourth-order valence-electron chi connectivity index (χ4n) is 3.52. The monoisotopic (exact) mass is 278 g/mol. The Hall–Kier alpha value is -0.900. The molecular weight excluding hydrogens is 252 g/mol. The smallest absolute Gasteiger partial charge is 0.229 e. The third-order valence-corrected chi connectivity index (χ3v) is 5.05. The Morgan fingerprint density at radius 1 is 1.00 bits per heavy atom. The van der Waals surface area contributed by atoms with Crippen LogP contribution in [0, 0.1) is 11.3 Å². The lowest BCUT2D eigenvalue weighted by atomic mass is 9.70. The summed E-state index contributed by atoms with van der Waals surface area (Å²) in [6.45, 7) is 8.62. The van der Waals surface area contributed by atoms with Crippen LogP contribution in [0.1, 0.15) is 76.4 Å². The maximum Gasteiger partial charge on any atom is 0.229 e. The summed E-state index contributed by atoms with van der Waals surface area (Å²) in [5.41, 5.74) is 0.423. The standard InChI is InChI=1S/C16H26N2O2/c1-16(2,3)13-6-4-11(5-7-13)15-17-14(18-20-15)12-8-9-19-10-12/h11-13H,4-10H2,1-3H3/t11?,12-,13?/m1/s1. The largest absolute Gasteiger partial charge is 0.381 e. The molecule has 0 N–H and O–H groups in total. The summed E-state index contributed by atoms with van der Waals surface area (Å²) in [7, 11) is 0. The zero-order valence-corrected chi connectivity index (χ0v) is 12.9. The highest BCUT2D eigenvalue weighted by atomic mass is 16.5. The number of nitrogens with zero attached hydrogens (tertiary/aromatic N) is 2. The molecule has 2 aliphatic rings. The van der Waals surface area contributed by atoms with Crippen molar-refractivity contribution in [2.45, 2.75) is 64.7 Å². The van der Waals surface area contributed by atoms with Gasteiger partial charge in [-0.25, -0.2) is 0 Å². The highest BCUT2D eigenvalue weighted by molar-refractivity contribution is 5.02. The van der Waals surface area contributed by atoms with E-state index in [1.807, 2.05) is 0 Å². The molecule has 0 unspecified atom stereocenters. The molecule has 0 spiro atoms. The zero-order valence-electron chi connectivity index (χ0n) is 12.9. The molecule has 1 atom stereocenters. The van der Waals surface area contributed by atoms with Crippen molar-refractivity contribution < 1.29 is 9.26 Å². The van der Waals surface area contributed by atoms with Gasteiger partial charge in [0.2, 0.25) is 5.89 Å². The van der Waals surface area contributed by atoms with Crippen LogP contribution in [-0.2, 0) is 4.74 Å². The first-order valence-corrected chi connectivity index (χ1v) is 7.95. The molecule has 1 aromatic heterocycles. The van der Waals surface area contributed by atoms with E-state index < -0.39 is 0 Å². The lowest BCUT2D eigenvalue weighted by Crippen LogP contribution is -2.25. The van der Waals surface area contributed by atoms with Crippen molar-refractivity contribution in [3.05, 3.63) is 11.7 Å². The Bertz CT molecular complexity index is 436. The highest BCUT2D eigenvalue weighted by Crippen LogP contribution is 2.43. The first-order chi connectivity index (χ1) is 9.54. The van der Waals surface area contributed by atoms with Crippen LogP contribution in [0.2, 0.25) is 0 Å². The topological polar surface area (TPSA) is 48.2 Å². The van der Waals surface area contributed by atoms with Gasteiger partial charge in [-0.1, -0.05) is 25.9 Å². The van der Waals surface area contributed by atoms with Crippen LogP contribution in [0.25, 0.3) is 0 Å². The molecule has 112 valence electrons. The summed E-state index contributed by atoms with van der Waals surface area (Å²) in [5, 5.41) is 4.18. The number of aromatic nitrogens is 2. The molecule has 2 fully saturated rings. The van der Waals surface area contributed by atoms with Crippen LogP contribution in [0.15, 0.2) is 4.52 Å². The SMILES string of the molecule is CC(C)(C)C1CCC(c2nc([C@@H]3CCOC3)no2)CC1. The lowest BCUT2D eigenvalue weighted by molar-refractivity contribution is 0.159. The average molecular weight is 278 g/mol. The van der Waals surface area contributed by atoms with Crippen molar-refractivity contribution in [2.24, 2.45) is 11.3 Å². The van der Waals surface area contributed by atoms with Crippen molar-refractivity contribution in [3.63, 3.8) is 0 Å². The molecule has 1 saturated heterocycles. The molecule has 4 nitrogen and oxygen atoms in total. The minimum absolute atomic E-state index is 0.346. The van der Waals surface area contributed by atoms with Gasteiger partial charge in [0.15, 0.2) is 5.82 Å². The van der Waals surface area contributed by atoms with Gasteiger partial charge in [-0.2, -0.15) is 4.98 Å². The van der Waals surface area contributed by atoms with E-state index in [4.69, 9.17) is 9.26 Å². The van der Waals surface area contributed by atoms with Crippen molar-refractivity contribution >= 4 is 0 Å². The van der Waals surface area contributed by atoms with Gasteiger partial charge >= 0.3 is 0 Å². The van der Waals surface area contributed by atoms with Crippen LogP contribution in [0.5, 0.6) is 0 Å². The molecule has 0 amide bonds. The van der Waals surface area contributed by atoms with Crippen LogP contribution in [0.3, 0.4) is 0 Å². The Labute approximate surface area is 121 Å². The third kappa shape index (κ3) is 2.90. The van der Waals surface area contributed by atoms with Gasteiger partial charge in [-0.3, -0.25) is 0 Å². The minimum atomic E-state index is 0.346. The molecule has 20 heavy (non-hydrogen) atoms. The van der Waals surface area contributed by atoms with E-state index in [0.29, 0.717) is 17.3 Å². The zero-order chi connectivity index (χ0) is 14.2. The van der Waals surface area contributed by atoms with Gasteiger partial charge in [0, 0.05) is 18.4 Å². The highest BCUT2D eigenvalue weighted by Gasteiger charge is 2.33. The first-order valence-electron chi connectivity index (χ1n) is 7.95. The molecule has 0 bridgehead atoms. The first kappa shape index (κ1) is 14.1. The Morgan fingerprint density at radius 2 is 1.75 bits per heavy atom. The Balaban J connectivity index is 1.61. The second-order valence-corrected chi connectivity index (χ2v) is 7.47. The van der Waals surface area contributed by atoms with E-state index in [0.717, 1.165) is 37.3 Å². The van der Waals surface area contributed by atoms with Crippen LogP contribution in [0.4, 0.5) is 0 Å². The lowest BCUT2D eigenvalue weighted by Gasteiger charge is -2.35. The Kier molecular flexibility index (Phi) is 3.85. The molecule has 0 aromatic carbocycles. The second kappa shape index (κ2) is 5.47. The molecule has 3 rings (SSSR count). The van der Waals surface area contributed by atoms with Gasteiger partial charge < -0.3 is 9.26 Å². The maximum atomic E-state index is 5.52. The van der Waals surface area contributed by atoms with Crippen molar-refractivity contribution in [1.29, 1.82) is 0 Å². The predicted molar refractivity (Wildman–Crippen MR) is 76.6 cm³/mol. The molecule has 1 saturated carbocycles. The fraction of sp³-hybridized carbons (Fsp3) is 0.875. The van der Waals surface area contributed by atoms with Gasteiger partial charge in [-0.15, -0.1) is 0 Å². The third-order valence-electron chi connectivity index (χ3n) is 5.05. The number of ether oxygens (including phenoxy) is 1. The summed E-state index contributed by atoms with van der Waals surface area (Å²) in [6, 6.07) is 0. The molecular formula is C16H26N2O2. The predicted octanol–water partition coefficient (Wildman–Crippen LogP) is 3.89. The van der Waals surface area contributed by atoms with E-state index in [2.05, 4.69) is 30.9 Å². The summed E-state index contributed by atoms with van der Waals surface area (Å²) in [6.07, 6.45) is 5.95. The molecule has 1 aliphatic heterocycles. The van der Waals surface area contributed by atoms with E-state index in [9.17, 15) is 0 Å². The van der Waals surface area contributed by atoms with E-state index in [1.54, 1.807) is 0 Å². The Morgan fingerprint density at radius 3 is 2.35 bits per heavy atom. The number of rotatable bonds is 2. The maximum absolute atomic E-state index is 5.52. The summed E-state index contributed by atoms with van der Waals surface area (Å²) < 4.78 is 10.9. The van der Waals surface area contributed by atoms with Crippen molar-refractivity contribution in [1.82, 2.24) is 10.1 Å². The van der Waals surface area contributed by atoms with Gasteiger partial charge in [0.05, 0.1) is 6.61 Å². The summed E-state index contributed by atoms with van der Waals surface area (Å²) in [4.78, 5) is 4.65. The number of hydrogen-bond acceptors (Lipinski definition) is 4.